The molecule has 0 bridgehead atoms. The van der Waals surface area contributed by atoms with Gasteiger partial charge in [0, 0.05) is 24.9 Å². The third kappa shape index (κ3) is 2.69. The zero-order chi connectivity index (χ0) is 11.4. The van der Waals surface area contributed by atoms with Gasteiger partial charge in [-0.2, -0.15) is 5.10 Å². The number of thiophene rings is 1. The molecule has 2 heterocycles. The molecular weight excluding hydrogens is 246 g/mol. The molecule has 5 nitrogen and oxygen atoms in total. The molecule has 0 aliphatic rings. The Bertz CT molecular complexity index is 517. The van der Waals surface area contributed by atoms with E-state index >= 15 is 0 Å². The fourth-order valence-electron chi connectivity index (χ4n) is 1.23. The van der Waals surface area contributed by atoms with E-state index in [0.29, 0.717) is 17.2 Å². The monoisotopic (exact) mass is 257 g/mol. The number of sulfonamides is 1. The summed E-state index contributed by atoms with van der Waals surface area (Å²) in [5, 5.41) is 8.30. The van der Waals surface area contributed by atoms with Gasteiger partial charge in [-0.3, -0.25) is 5.10 Å². The van der Waals surface area contributed by atoms with Gasteiger partial charge in [0.15, 0.2) is 0 Å². The first-order valence-electron chi connectivity index (χ1n) is 4.70. The lowest BCUT2D eigenvalue weighted by atomic mass is 10.3. The van der Waals surface area contributed by atoms with Crippen molar-refractivity contribution >= 4 is 21.4 Å². The van der Waals surface area contributed by atoms with Crippen molar-refractivity contribution < 1.29 is 8.42 Å². The minimum atomic E-state index is -3.34. The van der Waals surface area contributed by atoms with E-state index in [4.69, 9.17) is 0 Å². The molecule has 0 aliphatic carbocycles. The minimum Gasteiger partial charge on any atom is -0.283 e. The van der Waals surface area contributed by atoms with Gasteiger partial charge in [0.2, 0.25) is 10.0 Å². The molecule has 0 radical (unpaired) electrons. The molecule has 0 aromatic carbocycles. The molecule has 0 aliphatic heterocycles. The molecule has 2 aromatic heterocycles. The van der Waals surface area contributed by atoms with Crippen LogP contribution in [0.5, 0.6) is 0 Å². The quantitative estimate of drug-likeness (QED) is 0.839. The number of hydrogen-bond acceptors (Lipinski definition) is 4. The van der Waals surface area contributed by atoms with E-state index < -0.39 is 10.0 Å². The van der Waals surface area contributed by atoms with Crippen LogP contribution in [0.25, 0.3) is 0 Å². The predicted molar refractivity (Wildman–Crippen MR) is 61.8 cm³/mol. The highest BCUT2D eigenvalue weighted by atomic mass is 32.2. The molecule has 86 valence electrons. The fourth-order valence-corrected chi connectivity index (χ4v) is 3.30. The van der Waals surface area contributed by atoms with Crippen LogP contribution in [0.15, 0.2) is 34.0 Å². The Balaban J connectivity index is 1.91. The average molecular weight is 257 g/mol. The van der Waals surface area contributed by atoms with Crippen molar-refractivity contribution in [3.8, 4) is 0 Å². The molecular formula is C9H11N3O2S2. The Morgan fingerprint density at radius 2 is 2.31 bits per heavy atom. The van der Waals surface area contributed by atoms with Crippen LogP contribution in [0.2, 0.25) is 0 Å². The molecule has 0 amide bonds. The van der Waals surface area contributed by atoms with Gasteiger partial charge in [0.1, 0.15) is 4.21 Å². The highest BCUT2D eigenvalue weighted by molar-refractivity contribution is 7.91. The highest BCUT2D eigenvalue weighted by Gasteiger charge is 2.13. The molecule has 0 fully saturated rings. The van der Waals surface area contributed by atoms with Crippen molar-refractivity contribution in [2.45, 2.75) is 10.6 Å². The molecule has 0 atom stereocenters. The zero-order valence-corrected chi connectivity index (χ0v) is 10.0. The van der Waals surface area contributed by atoms with Gasteiger partial charge in [-0.1, -0.05) is 6.07 Å². The van der Waals surface area contributed by atoms with E-state index in [0.717, 1.165) is 5.69 Å². The number of hydrogen-bond donors (Lipinski definition) is 2. The number of nitrogens with zero attached hydrogens (tertiary/aromatic N) is 1. The van der Waals surface area contributed by atoms with Gasteiger partial charge in [-0.25, -0.2) is 13.1 Å². The van der Waals surface area contributed by atoms with E-state index in [-0.39, 0.29) is 0 Å². The van der Waals surface area contributed by atoms with Gasteiger partial charge in [-0.05, 0) is 17.5 Å². The van der Waals surface area contributed by atoms with Crippen LogP contribution in [-0.4, -0.2) is 25.2 Å². The first-order valence-corrected chi connectivity index (χ1v) is 7.06. The van der Waals surface area contributed by atoms with E-state index in [9.17, 15) is 8.42 Å². The van der Waals surface area contributed by atoms with Crippen molar-refractivity contribution in [1.82, 2.24) is 14.9 Å². The van der Waals surface area contributed by atoms with Crippen molar-refractivity contribution in [2.24, 2.45) is 0 Å². The number of H-pyrrole nitrogens is 1. The molecule has 16 heavy (non-hydrogen) atoms. The smallest absolute Gasteiger partial charge is 0.250 e. The summed E-state index contributed by atoms with van der Waals surface area (Å²) < 4.78 is 26.3. The molecule has 2 N–H and O–H groups in total. The van der Waals surface area contributed by atoms with E-state index in [1.165, 1.54) is 11.3 Å². The Labute approximate surface area is 97.6 Å². The molecule has 2 aromatic rings. The second-order valence-corrected chi connectivity index (χ2v) is 6.10. The van der Waals surface area contributed by atoms with E-state index in [1.807, 2.05) is 6.07 Å². The number of aromatic nitrogens is 2. The van der Waals surface area contributed by atoms with Crippen LogP contribution in [-0.2, 0) is 16.4 Å². The second kappa shape index (κ2) is 4.77. The maximum atomic E-state index is 11.7. The molecule has 0 unspecified atom stereocenters. The molecule has 0 spiro atoms. The minimum absolute atomic E-state index is 0.345. The zero-order valence-electron chi connectivity index (χ0n) is 8.38. The molecule has 0 saturated carbocycles. The highest BCUT2D eigenvalue weighted by Crippen LogP contribution is 2.14. The predicted octanol–water partition coefficient (Wildman–Crippen LogP) is 0.992. The van der Waals surface area contributed by atoms with Crippen LogP contribution in [0.1, 0.15) is 5.69 Å². The van der Waals surface area contributed by atoms with Crippen molar-refractivity contribution in [3.63, 3.8) is 0 Å². The molecule has 0 saturated heterocycles. The van der Waals surface area contributed by atoms with Crippen LogP contribution >= 0.6 is 11.3 Å². The lowest BCUT2D eigenvalue weighted by Gasteiger charge is -2.02. The summed E-state index contributed by atoms with van der Waals surface area (Å²) in [4.78, 5) is 0. The lowest BCUT2D eigenvalue weighted by Crippen LogP contribution is -2.25. The number of rotatable bonds is 5. The van der Waals surface area contributed by atoms with Gasteiger partial charge in [-0.15, -0.1) is 11.3 Å². The molecule has 2 rings (SSSR count). The van der Waals surface area contributed by atoms with Gasteiger partial charge in [0.05, 0.1) is 0 Å². The maximum absolute atomic E-state index is 11.7. The largest absolute Gasteiger partial charge is 0.283 e. The fraction of sp³-hybridized carbons (Fsp3) is 0.222. The first kappa shape index (κ1) is 11.3. The summed E-state index contributed by atoms with van der Waals surface area (Å²) in [6, 6.07) is 5.12. The first-order chi connectivity index (χ1) is 7.68. The molecule has 7 heteroatoms. The Morgan fingerprint density at radius 1 is 1.44 bits per heavy atom. The summed E-state index contributed by atoms with van der Waals surface area (Å²) in [7, 11) is -3.34. The summed E-state index contributed by atoms with van der Waals surface area (Å²) >= 11 is 1.21. The normalized spacial score (nSPS) is 11.8. The topological polar surface area (TPSA) is 74.8 Å². The van der Waals surface area contributed by atoms with Crippen LogP contribution in [0.3, 0.4) is 0 Å². The second-order valence-electron chi connectivity index (χ2n) is 3.16. The third-order valence-corrected chi connectivity index (χ3v) is 4.86. The van der Waals surface area contributed by atoms with Gasteiger partial charge < -0.3 is 0 Å². The number of nitrogens with one attached hydrogen (secondary N) is 2. The van der Waals surface area contributed by atoms with E-state index in [1.54, 1.807) is 23.7 Å². The number of aromatic amines is 1. The Kier molecular flexibility index (Phi) is 3.37. The van der Waals surface area contributed by atoms with Gasteiger partial charge in [0.25, 0.3) is 0 Å². The van der Waals surface area contributed by atoms with Crippen molar-refractivity contribution in [3.05, 3.63) is 35.5 Å². The van der Waals surface area contributed by atoms with Crippen LogP contribution in [0.4, 0.5) is 0 Å². The average Bonchev–Trinajstić information content (AvgIpc) is 2.90. The van der Waals surface area contributed by atoms with Crippen molar-refractivity contribution in [1.29, 1.82) is 0 Å². The Morgan fingerprint density at radius 3 is 2.94 bits per heavy atom. The van der Waals surface area contributed by atoms with Crippen molar-refractivity contribution in [2.75, 3.05) is 6.54 Å². The van der Waals surface area contributed by atoms with Crippen LogP contribution < -0.4 is 4.72 Å². The standard InChI is InChI=1S/C9H11N3O2S2/c13-16(14,9-2-1-7-15-9)11-6-4-8-3-5-10-12-8/h1-3,5,7,11H,4,6H2,(H,10,12). The Hall–Kier alpha value is -1.18. The SMILES string of the molecule is O=S(=O)(NCCc1ccn[nH]1)c1cccs1. The summed E-state index contributed by atoms with van der Waals surface area (Å²) in [5.41, 5.74) is 0.911. The summed E-state index contributed by atoms with van der Waals surface area (Å²) in [5.74, 6) is 0. The van der Waals surface area contributed by atoms with E-state index in [2.05, 4.69) is 14.9 Å². The van der Waals surface area contributed by atoms with Gasteiger partial charge >= 0.3 is 0 Å². The maximum Gasteiger partial charge on any atom is 0.250 e. The summed E-state index contributed by atoms with van der Waals surface area (Å²) in [6.45, 7) is 0.364. The third-order valence-electron chi connectivity index (χ3n) is 2.00. The lowest BCUT2D eigenvalue weighted by molar-refractivity contribution is 0.583. The van der Waals surface area contributed by atoms with Crippen LogP contribution in [0, 0.1) is 0 Å². The summed E-state index contributed by atoms with van der Waals surface area (Å²) in [6.07, 6.45) is 2.24.